The van der Waals surface area contributed by atoms with Gasteiger partial charge in [-0.25, -0.2) is 13.8 Å². The number of halogens is 2. The number of nitrogens with zero attached hydrogens (tertiary/aromatic N) is 3. The standard InChI is InChI=1S/C14H11FN2.C14H10FNO/c15-13-7-4-11(5-8-13)3-6-12-2-1-9-17-14(12)10-16;15-11-6-5-9-3-4-10-2-1-7-16-13(10)14(17)12(9)8-11/h1-2,4-5,7-9H,3,6H2;1-2,5-8H,3-4H2. The first-order valence-electron chi connectivity index (χ1n) is 10.9. The molecule has 0 saturated heterocycles. The summed E-state index contributed by atoms with van der Waals surface area (Å²) in [5.74, 6) is -0.781. The van der Waals surface area contributed by atoms with Gasteiger partial charge < -0.3 is 0 Å². The van der Waals surface area contributed by atoms with Crippen LogP contribution in [-0.4, -0.2) is 15.8 Å². The van der Waals surface area contributed by atoms with Crippen molar-refractivity contribution in [2.45, 2.75) is 25.7 Å². The van der Waals surface area contributed by atoms with Gasteiger partial charge in [0.15, 0.2) is 0 Å². The maximum Gasteiger partial charge on any atom is 0.211 e. The van der Waals surface area contributed by atoms with Crippen LogP contribution >= 0.6 is 0 Å². The molecule has 0 saturated carbocycles. The number of rotatable bonds is 3. The molecule has 2 aromatic heterocycles. The second-order valence-corrected chi connectivity index (χ2v) is 7.89. The topological polar surface area (TPSA) is 66.6 Å². The van der Waals surface area contributed by atoms with E-state index in [1.807, 2.05) is 24.3 Å². The Hall–Kier alpha value is -4.24. The second kappa shape index (κ2) is 10.6. The van der Waals surface area contributed by atoms with Crippen molar-refractivity contribution in [2.75, 3.05) is 0 Å². The van der Waals surface area contributed by atoms with Crippen LogP contribution in [0.1, 0.15) is 44.0 Å². The number of pyridine rings is 2. The van der Waals surface area contributed by atoms with Gasteiger partial charge in [-0.2, -0.15) is 5.26 Å². The Kier molecular flexibility index (Phi) is 7.14. The smallest absolute Gasteiger partial charge is 0.211 e. The van der Waals surface area contributed by atoms with Crippen LogP contribution in [0.5, 0.6) is 0 Å². The van der Waals surface area contributed by atoms with Gasteiger partial charge >= 0.3 is 0 Å². The quantitative estimate of drug-likeness (QED) is 0.415. The SMILES string of the molecule is N#Cc1ncccc1CCc1ccc(F)cc1.O=C1c2cc(F)ccc2CCc2cccnc21. The summed E-state index contributed by atoms with van der Waals surface area (Å²) in [6.45, 7) is 0. The van der Waals surface area contributed by atoms with E-state index in [4.69, 9.17) is 5.26 Å². The molecule has 0 atom stereocenters. The van der Waals surface area contributed by atoms with E-state index in [1.54, 1.807) is 30.6 Å². The van der Waals surface area contributed by atoms with Gasteiger partial charge in [0.1, 0.15) is 29.1 Å². The lowest BCUT2D eigenvalue weighted by molar-refractivity contribution is 0.103. The molecule has 4 aromatic rings. The molecule has 0 unspecified atom stereocenters. The first-order chi connectivity index (χ1) is 16.5. The molecule has 34 heavy (non-hydrogen) atoms. The van der Waals surface area contributed by atoms with Gasteiger partial charge in [-0.15, -0.1) is 0 Å². The maximum absolute atomic E-state index is 13.2. The van der Waals surface area contributed by atoms with E-state index in [0.29, 0.717) is 17.0 Å². The third-order valence-corrected chi connectivity index (χ3v) is 5.68. The number of fused-ring (bicyclic) bond motifs is 2. The minimum Gasteiger partial charge on any atom is -0.287 e. The van der Waals surface area contributed by atoms with Crippen molar-refractivity contribution in [1.82, 2.24) is 9.97 Å². The van der Waals surface area contributed by atoms with Gasteiger partial charge in [-0.1, -0.05) is 30.3 Å². The predicted octanol–water partition coefficient (Wildman–Crippen LogP) is 5.43. The van der Waals surface area contributed by atoms with E-state index < -0.39 is 0 Å². The fourth-order valence-electron chi connectivity index (χ4n) is 3.89. The molecular weight excluding hydrogens is 432 g/mol. The maximum atomic E-state index is 13.2. The van der Waals surface area contributed by atoms with Crippen molar-refractivity contribution >= 4 is 5.78 Å². The summed E-state index contributed by atoms with van der Waals surface area (Å²) in [6, 6.07) is 20.3. The van der Waals surface area contributed by atoms with Crippen molar-refractivity contribution in [3.63, 3.8) is 0 Å². The number of carbonyl (C=O) groups excluding carboxylic acids is 1. The third-order valence-electron chi connectivity index (χ3n) is 5.68. The van der Waals surface area contributed by atoms with Crippen molar-refractivity contribution in [3.05, 3.63) is 130 Å². The Morgan fingerprint density at radius 3 is 2.32 bits per heavy atom. The van der Waals surface area contributed by atoms with Crippen molar-refractivity contribution in [1.29, 1.82) is 5.26 Å². The molecule has 0 bridgehead atoms. The van der Waals surface area contributed by atoms with E-state index in [-0.39, 0.29) is 17.4 Å². The lowest BCUT2D eigenvalue weighted by Gasteiger charge is -2.03. The molecule has 0 N–H and O–H groups in total. The highest BCUT2D eigenvalue weighted by Crippen LogP contribution is 2.23. The fraction of sp³-hybridized carbons (Fsp3) is 0.143. The number of hydrogen-bond donors (Lipinski definition) is 0. The van der Waals surface area contributed by atoms with Crippen molar-refractivity contribution < 1.29 is 13.6 Å². The van der Waals surface area contributed by atoms with Gasteiger partial charge in [0.2, 0.25) is 5.78 Å². The molecule has 6 heteroatoms. The molecule has 0 amide bonds. The largest absolute Gasteiger partial charge is 0.287 e. The molecule has 5 rings (SSSR count). The monoisotopic (exact) mass is 453 g/mol. The first kappa shape index (κ1) is 22.9. The fourth-order valence-corrected chi connectivity index (χ4v) is 3.89. The Morgan fingerprint density at radius 1 is 0.824 bits per heavy atom. The molecular formula is C28H21F2N3O. The number of hydrogen-bond acceptors (Lipinski definition) is 4. The molecule has 1 aliphatic carbocycles. The summed E-state index contributed by atoms with van der Waals surface area (Å²) in [5, 5.41) is 8.89. The van der Waals surface area contributed by atoms with Crippen LogP contribution < -0.4 is 0 Å². The summed E-state index contributed by atoms with van der Waals surface area (Å²) < 4.78 is 25.9. The lowest BCUT2D eigenvalue weighted by atomic mass is 10.0. The summed E-state index contributed by atoms with van der Waals surface area (Å²) >= 11 is 0. The molecule has 0 radical (unpaired) electrons. The van der Waals surface area contributed by atoms with Gasteiger partial charge in [0.05, 0.1) is 0 Å². The van der Waals surface area contributed by atoms with E-state index in [2.05, 4.69) is 16.0 Å². The highest BCUT2D eigenvalue weighted by Gasteiger charge is 2.22. The van der Waals surface area contributed by atoms with Crippen LogP contribution in [0.4, 0.5) is 8.78 Å². The van der Waals surface area contributed by atoms with Crippen LogP contribution in [0.15, 0.2) is 79.1 Å². The van der Waals surface area contributed by atoms with Crippen LogP contribution in [0.25, 0.3) is 0 Å². The Morgan fingerprint density at radius 2 is 1.53 bits per heavy atom. The van der Waals surface area contributed by atoms with E-state index in [9.17, 15) is 13.6 Å². The number of benzene rings is 2. The number of nitriles is 1. The average Bonchev–Trinajstić information content (AvgIpc) is 3.01. The summed E-state index contributed by atoms with van der Waals surface area (Å²) in [7, 11) is 0. The van der Waals surface area contributed by atoms with Crippen LogP contribution in [-0.2, 0) is 25.7 Å². The number of aryl methyl sites for hydroxylation is 4. The average molecular weight is 453 g/mol. The molecule has 2 heterocycles. The third kappa shape index (κ3) is 5.38. The highest BCUT2D eigenvalue weighted by molar-refractivity contribution is 6.10. The first-order valence-corrected chi connectivity index (χ1v) is 10.9. The molecule has 0 fully saturated rings. The molecule has 2 aromatic carbocycles. The zero-order valence-corrected chi connectivity index (χ0v) is 18.3. The van der Waals surface area contributed by atoms with Gasteiger partial charge in [-0.3, -0.25) is 9.78 Å². The summed E-state index contributed by atoms with van der Waals surface area (Å²) in [6.07, 6.45) is 6.25. The van der Waals surface area contributed by atoms with Crippen LogP contribution in [0, 0.1) is 23.0 Å². The zero-order chi connectivity index (χ0) is 23.9. The normalized spacial score (nSPS) is 11.9. The Labute approximate surface area is 196 Å². The second-order valence-electron chi connectivity index (χ2n) is 7.89. The predicted molar refractivity (Wildman–Crippen MR) is 124 cm³/mol. The number of aromatic nitrogens is 2. The van der Waals surface area contributed by atoms with Gasteiger partial charge in [-0.05, 0) is 84.3 Å². The minimum atomic E-state index is -0.378. The summed E-state index contributed by atoms with van der Waals surface area (Å²) in [4.78, 5) is 20.4. The Balaban J connectivity index is 0.000000161. The molecule has 0 spiro atoms. The molecule has 4 nitrogen and oxygen atoms in total. The van der Waals surface area contributed by atoms with Crippen molar-refractivity contribution in [3.8, 4) is 6.07 Å². The molecule has 0 aliphatic heterocycles. The number of ketones is 1. The Bertz CT molecular complexity index is 1360. The lowest BCUT2D eigenvalue weighted by Crippen LogP contribution is -2.06. The van der Waals surface area contributed by atoms with Crippen molar-refractivity contribution in [2.24, 2.45) is 0 Å². The van der Waals surface area contributed by atoms with E-state index in [0.717, 1.165) is 47.9 Å². The number of carbonyl (C=O) groups is 1. The minimum absolute atomic E-state index is 0.174. The van der Waals surface area contributed by atoms with E-state index in [1.165, 1.54) is 24.3 Å². The van der Waals surface area contributed by atoms with Crippen LogP contribution in [0.2, 0.25) is 0 Å². The molecule has 1 aliphatic rings. The highest BCUT2D eigenvalue weighted by atomic mass is 19.1. The van der Waals surface area contributed by atoms with Gasteiger partial charge in [0.25, 0.3) is 0 Å². The summed E-state index contributed by atoms with van der Waals surface area (Å²) in [5.41, 5.74) is 5.19. The molecule has 168 valence electrons. The van der Waals surface area contributed by atoms with E-state index >= 15 is 0 Å². The zero-order valence-electron chi connectivity index (χ0n) is 18.3. The van der Waals surface area contributed by atoms with Crippen LogP contribution in [0.3, 0.4) is 0 Å². The van der Waals surface area contributed by atoms with Gasteiger partial charge in [0, 0.05) is 18.0 Å².